The molecule has 1 aromatic rings. The Labute approximate surface area is 110 Å². The molecule has 0 saturated carbocycles. The second-order valence-electron chi connectivity index (χ2n) is 4.48. The number of rotatable bonds is 3. The van der Waals surface area contributed by atoms with Crippen molar-refractivity contribution in [3.05, 3.63) is 35.9 Å². The van der Waals surface area contributed by atoms with Crippen molar-refractivity contribution in [2.45, 2.75) is 19.3 Å². The monoisotopic (exact) mass is 261 g/mol. The highest BCUT2D eigenvalue weighted by Crippen LogP contribution is 2.29. The normalized spacial score (nSPS) is 18.0. The zero-order chi connectivity index (χ0) is 13.8. The van der Waals surface area contributed by atoms with E-state index in [9.17, 15) is 14.7 Å². The first-order valence-corrected chi connectivity index (χ1v) is 6.10. The molecule has 0 aromatic heterocycles. The number of carboxylic acids is 1. The first kappa shape index (κ1) is 13.1. The van der Waals surface area contributed by atoms with Gasteiger partial charge in [0.15, 0.2) is 5.75 Å². The fourth-order valence-electron chi connectivity index (χ4n) is 2.08. The number of phenols is 1. The molecule has 0 spiro atoms. The second-order valence-corrected chi connectivity index (χ2v) is 4.48. The van der Waals surface area contributed by atoms with Crippen molar-refractivity contribution < 1.29 is 19.8 Å². The first-order valence-electron chi connectivity index (χ1n) is 6.10. The predicted octanol–water partition coefficient (Wildman–Crippen LogP) is 2.39. The Morgan fingerprint density at radius 3 is 2.68 bits per heavy atom. The first-order chi connectivity index (χ1) is 9.09. The van der Waals surface area contributed by atoms with Crippen LogP contribution >= 0.6 is 0 Å². The van der Waals surface area contributed by atoms with Crippen LogP contribution in [-0.2, 0) is 4.79 Å². The summed E-state index contributed by atoms with van der Waals surface area (Å²) < 4.78 is 0. The summed E-state index contributed by atoms with van der Waals surface area (Å²) in [5.74, 6) is -1.95. The van der Waals surface area contributed by atoms with Gasteiger partial charge in [-0.3, -0.25) is 4.79 Å². The van der Waals surface area contributed by atoms with Gasteiger partial charge in [-0.25, -0.2) is 4.79 Å². The smallest absolute Gasteiger partial charge is 0.339 e. The molecular formula is C14H15NO4. The van der Waals surface area contributed by atoms with E-state index in [1.807, 2.05) is 12.2 Å². The van der Waals surface area contributed by atoms with Gasteiger partial charge >= 0.3 is 5.97 Å². The third kappa shape index (κ3) is 2.93. The molecule has 0 aliphatic heterocycles. The van der Waals surface area contributed by atoms with Crippen LogP contribution in [0.1, 0.15) is 29.6 Å². The summed E-state index contributed by atoms with van der Waals surface area (Å²) >= 11 is 0. The lowest BCUT2D eigenvalue weighted by molar-refractivity contribution is -0.120. The molecule has 0 bridgehead atoms. The SMILES string of the molecule is O=C(O)c1cccc(NC(=O)C2CC=CCC2)c1O. The average molecular weight is 261 g/mol. The summed E-state index contributed by atoms with van der Waals surface area (Å²) in [7, 11) is 0. The van der Waals surface area contributed by atoms with Crippen LogP contribution < -0.4 is 5.32 Å². The molecule has 5 heteroatoms. The summed E-state index contributed by atoms with van der Waals surface area (Å²) in [6, 6.07) is 4.26. The van der Waals surface area contributed by atoms with Gasteiger partial charge in [0.25, 0.3) is 0 Å². The van der Waals surface area contributed by atoms with Crippen LogP contribution in [0.2, 0.25) is 0 Å². The third-order valence-corrected chi connectivity index (χ3v) is 3.16. The lowest BCUT2D eigenvalue weighted by atomic mass is 9.93. The van der Waals surface area contributed by atoms with E-state index in [0.717, 1.165) is 12.8 Å². The quantitative estimate of drug-likeness (QED) is 0.576. The van der Waals surface area contributed by atoms with E-state index in [4.69, 9.17) is 5.11 Å². The largest absolute Gasteiger partial charge is 0.505 e. The fourth-order valence-corrected chi connectivity index (χ4v) is 2.08. The molecule has 3 N–H and O–H groups in total. The van der Waals surface area contributed by atoms with E-state index in [-0.39, 0.29) is 23.1 Å². The van der Waals surface area contributed by atoms with Gasteiger partial charge in [0, 0.05) is 5.92 Å². The minimum atomic E-state index is -1.23. The molecule has 1 aliphatic carbocycles. The molecule has 0 radical (unpaired) electrons. The van der Waals surface area contributed by atoms with E-state index < -0.39 is 11.7 Å². The Hall–Kier alpha value is -2.30. The maximum Gasteiger partial charge on any atom is 0.339 e. The minimum Gasteiger partial charge on any atom is -0.505 e. The zero-order valence-electron chi connectivity index (χ0n) is 10.3. The zero-order valence-corrected chi connectivity index (χ0v) is 10.3. The topological polar surface area (TPSA) is 86.6 Å². The molecular weight excluding hydrogens is 246 g/mol. The van der Waals surface area contributed by atoms with E-state index >= 15 is 0 Å². The van der Waals surface area contributed by atoms with Crippen molar-refractivity contribution in [3.8, 4) is 5.75 Å². The van der Waals surface area contributed by atoms with Crippen LogP contribution in [0, 0.1) is 5.92 Å². The van der Waals surface area contributed by atoms with Gasteiger partial charge < -0.3 is 15.5 Å². The standard InChI is InChI=1S/C14H15NO4/c16-12-10(14(18)19)7-4-8-11(12)15-13(17)9-5-2-1-3-6-9/h1-2,4,7-9,16H,3,5-6H2,(H,15,17)(H,18,19). The summed E-state index contributed by atoms with van der Waals surface area (Å²) in [5, 5.41) is 21.3. The number of anilines is 1. The lowest BCUT2D eigenvalue weighted by Crippen LogP contribution is -2.23. The van der Waals surface area contributed by atoms with Crippen molar-refractivity contribution in [1.82, 2.24) is 0 Å². The molecule has 0 fully saturated rings. The van der Waals surface area contributed by atoms with Gasteiger partial charge in [-0.1, -0.05) is 18.2 Å². The summed E-state index contributed by atoms with van der Waals surface area (Å²) in [4.78, 5) is 22.9. The van der Waals surface area contributed by atoms with Crippen molar-refractivity contribution in [2.75, 3.05) is 5.32 Å². The van der Waals surface area contributed by atoms with Gasteiger partial charge in [0.1, 0.15) is 5.56 Å². The van der Waals surface area contributed by atoms with Crippen molar-refractivity contribution in [1.29, 1.82) is 0 Å². The summed E-state index contributed by atoms with van der Waals surface area (Å²) in [6.07, 6.45) is 6.29. The Morgan fingerprint density at radius 1 is 1.26 bits per heavy atom. The molecule has 1 amide bonds. The van der Waals surface area contributed by atoms with Crippen LogP contribution in [0.5, 0.6) is 5.75 Å². The van der Waals surface area contributed by atoms with Gasteiger partial charge in [0.2, 0.25) is 5.91 Å². The number of carboxylic acid groups (broad SMARTS) is 1. The van der Waals surface area contributed by atoms with Crippen molar-refractivity contribution in [2.24, 2.45) is 5.92 Å². The molecule has 5 nitrogen and oxygen atoms in total. The maximum atomic E-state index is 12.0. The molecule has 100 valence electrons. The van der Waals surface area contributed by atoms with Crippen LogP contribution in [0.4, 0.5) is 5.69 Å². The molecule has 1 unspecified atom stereocenters. The van der Waals surface area contributed by atoms with Gasteiger partial charge in [-0.05, 0) is 31.4 Å². The second kappa shape index (κ2) is 5.56. The Balaban J connectivity index is 2.15. The van der Waals surface area contributed by atoms with Crippen LogP contribution in [-0.4, -0.2) is 22.1 Å². The number of aromatic carboxylic acids is 1. The number of allylic oxidation sites excluding steroid dienone is 2. The molecule has 0 saturated heterocycles. The molecule has 1 aromatic carbocycles. The maximum absolute atomic E-state index is 12.0. The van der Waals surface area contributed by atoms with Gasteiger partial charge in [-0.15, -0.1) is 0 Å². The highest BCUT2D eigenvalue weighted by molar-refractivity contribution is 5.98. The number of aromatic hydroxyl groups is 1. The summed E-state index contributed by atoms with van der Waals surface area (Å²) in [5.41, 5.74) is -0.0826. The Bertz CT molecular complexity index is 536. The number of benzene rings is 1. The number of hydrogen-bond acceptors (Lipinski definition) is 3. The molecule has 0 heterocycles. The summed E-state index contributed by atoms with van der Waals surface area (Å²) in [6.45, 7) is 0. The van der Waals surface area contributed by atoms with Crippen molar-refractivity contribution in [3.63, 3.8) is 0 Å². The molecule has 1 atom stereocenters. The number of carbonyl (C=O) groups is 2. The average Bonchev–Trinajstić information content (AvgIpc) is 2.41. The predicted molar refractivity (Wildman–Crippen MR) is 70.2 cm³/mol. The van der Waals surface area contributed by atoms with Gasteiger partial charge in [0.05, 0.1) is 5.69 Å². The van der Waals surface area contributed by atoms with Crippen LogP contribution in [0.15, 0.2) is 30.4 Å². The fraction of sp³-hybridized carbons (Fsp3) is 0.286. The number of amides is 1. The molecule has 2 rings (SSSR count). The highest BCUT2D eigenvalue weighted by Gasteiger charge is 2.21. The molecule has 1 aliphatic rings. The molecule has 19 heavy (non-hydrogen) atoms. The lowest BCUT2D eigenvalue weighted by Gasteiger charge is -2.18. The number of hydrogen-bond donors (Lipinski definition) is 3. The minimum absolute atomic E-state index is 0.127. The Morgan fingerprint density at radius 2 is 2.05 bits per heavy atom. The Kier molecular flexibility index (Phi) is 3.85. The van der Waals surface area contributed by atoms with Crippen molar-refractivity contribution >= 4 is 17.6 Å². The third-order valence-electron chi connectivity index (χ3n) is 3.16. The van der Waals surface area contributed by atoms with Crippen LogP contribution in [0.3, 0.4) is 0 Å². The van der Waals surface area contributed by atoms with E-state index in [1.165, 1.54) is 18.2 Å². The van der Waals surface area contributed by atoms with Gasteiger partial charge in [-0.2, -0.15) is 0 Å². The van der Waals surface area contributed by atoms with E-state index in [2.05, 4.69) is 5.32 Å². The number of para-hydroxylation sites is 1. The highest BCUT2D eigenvalue weighted by atomic mass is 16.4. The van der Waals surface area contributed by atoms with E-state index in [0.29, 0.717) is 6.42 Å². The van der Waals surface area contributed by atoms with Crippen LogP contribution in [0.25, 0.3) is 0 Å². The number of carbonyl (C=O) groups excluding carboxylic acids is 1. The van der Waals surface area contributed by atoms with E-state index in [1.54, 1.807) is 0 Å². The number of nitrogens with one attached hydrogen (secondary N) is 1.